The first kappa shape index (κ1) is 33.3. The smallest absolute Gasteiger partial charge is 0.264 e. The van der Waals surface area contributed by atoms with Gasteiger partial charge in [-0.2, -0.15) is 0 Å². The molecule has 43 heavy (non-hydrogen) atoms. The highest BCUT2D eigenvalue weighted by Crippen LogP contribution is 2.36. The van der Waals surface area contributed by atoms with Crippen molar-refractivity contribution in [2.75, 3.05) is 38.7 Å². The molecular formula is C32H41N3O7S. The molecule has 0 heterocycles. The maximum Gasteiger partial charge on any atom is 0.264 e. The number of hydrogen-bond donors (Lipinski definition) is 1. The Morgan fingerprint density at radius 1 is 0.884 bits per heavy atom. The average molecular weight is 612 g/mol. The number of aryl methyl sites for hydroxylation is 1. The zero-order valence-corrected chi connectivity index (χ0v) is 26.4. The molecule has 11 heteroatoms. The van der Waals surface area contributed by atoms with Gasteiger partial charge in [-0.05, 0) is 62.2 Å². The predicted octanol–water partition coefficient (Wildman–Crippen LogP) is 4.55. The number of anilines is 1. The van der Waals surface area contributed by atoms with Crippen LogP contribution in [0.4, 0.5) is 5.69 Å². The third-order valence-corrected chi connectivity index (χ3v) is 8.83. The van der Waals surface area contributed by atoms with E-state index in [1.807, 2.05) is 13.8 Å². The summed E-state index contributed by atoms with van der Waals surface area (Å²) in [5, 5.41) is 2.88. The summed E-state index contributed by atoms with van der Waals surface area (Å²) in [5.41, 5.74) is 1.75. The van der Waals surface area contributed by atoms with Crippen molar-refractivity contribution in [3.63, 3.8) is 0 Å². The lowest BCUT2D eigenvalue weighted by atomic mass is 10.1. The van der Waals surface area contributed by atoms with Crippen LogP contribution in [-0.2, 0) is 26.2 Å². The van der Waals surface area contributed by atoms with E-state index in [1.165, 1.54) is 37.3 Å². The number of methoxy groups -OCH3 is 3. The number of nitrogens with zero attached hydrogens (tertiary/aromatic N) is 2. The van der Waals surface area contributed by atoms with Crippen molar-refractivity contribution in [3.8, 4) is 17.2 Å². The fourth-order valence-electron chi connectivity index (χ4n) is 4.39. The lowest BCUT2D eigenvalue weighted by Crippen LogP contribution is -2.51. The molecule has 1 unspecified atom stereocenters. The summed E-state index contributed by atoms with van der Waals surface area (Å²) in [6.07, 6.45) is 1.69. The van der Waals surface area contributed by atoms with Gasteiger partial charge in [-0.15, -0.1) is 0 Å². The predicted molar refractivity (Wildman–Crippen MR) is 166 cm³/mol. The first-order valence-corrected chi connectivity index (χ1v) is 15.5. The summed E-state index contributed by atoms with van der Waals surface area (Å²) in [5.74, 6) is 0.353. The van der Waals surface area contributed by atoms with E-state index in [0.29, 0.717) is 18.0 Å². The molecule has 0 saturated heterocycles. The Hall–Kier alpha value is -4.25. The Kier molecular flexibility index (Phi) is 11.8. The van der Waals surface area contributed by atoms with Crippen molar-refractivity contribution < 1.29 is 32.2 Å². The largest absolute Gasteiger partial charge is 0.497 e. The van der Waals surface area contributed by atoms with Gasteiger partial charge in [-0.1, -0.05) is 43.2 Å². The lowest BCUT2D eigenvalue weighted by Gasteiger charge is -2.32. The second-order valence-corrected chi connectivity index (χ2v) is 11.9. The van der Waals surface area contributed by atoms with Crippen LogP contribution < -0.4 is 23.8 Å². The zero-order chi connectivity index (χ0) is 31.6. The van der Waals surface area contributed by atoms with Crippen LogP contribution in [0.25, 0.3) is 0 Å². The van der Waals surface area contributed by atoms with Gasteiger partial charge in [-0.3, -0.25) is 13.9 Å². The van der Waals surface area contributed by atoms with E-state index in [0.717, 1.165) is 28.3 Å². The maximum atomic E-state index is 14.2. The van der Waals surface area contributed by atoms with Crippen molar-refractivity contribution in [1.82, 2.24) is 10.2 Å². The molecule has 0 radical (unpaired) electrons. The van der Waals surface area contributed by atoms with Gasteiger partial charge in [-0.25, -0.2) is 8.42 Å². The molecule has 0 aliphatic rings. The number of carbonyl (C=O) groups excluding carboxylic acids is 2. The fourth-order valence-corrected chi connectivity index (χ4v) is 5.81. The molecule has 3 aromatic carbocycles. The minimum atomic E-state index is -4.27. The number of ether oxygens (including phenoxy) is 3. The summed E-state index contributed by atoms with van der Waals surface area (Å²) >= 11 is 0. The van der Waals surface area contributed by atoms with Crippen LogP contribution in [0, 0.1) is 6.92 Å². The quantitative estimate of drug-likeness (QED) is 0.251. The fraction of sp³-hybridized carbons (Fsp3) is 0.375. The molecule has 1 atom stereocenters. The van der Waals surface area contributed by atoms with Crippen LogP contribution >= 0.6 is 0 Å². The maximum absolute atomic E-state index is 14.2. The number of hydrogen-bond acceptors (Lipinski definition) is 7. The van der Waals surface area contributed by atoms with Crippen LogP contribution in [0.3, 0.4) is 0 Å². The van der Waals surface area contributed by atoms with Gasteiger partial charge in [0.25, 0.3) is 10.0 Å². The molecule has 1 N–H and O–H groups in total. The number of benzene rings is 3. The summed E-state index contributed by atoms with van der Waals surface area (Å²) in [6.45, 7) is 5.45. The van der Waals surface area contributed by atoms with Gasteiger partial charge >= 0.3 is 0 Å². The normalized spacial score (nSPS) is 11.8. The Labute approximate surface area is 254 Å². The molecule has 2 amide bonds. The van der Waals surface area contributed by atoms with Crippen molar-refractivity contribution in [2.45, 2.75) is 51.1 Å². The second-order valence-electron chi connectivity index (χ2n) is 10.1. The van der Waals surface area contributed by atoms with Crippen molar-refractivity contribution in [2.24, 2.45) is 0 Å². The van der Waals surface area contributed by atoms with Gasteiger partial charge in [0.15, 0.2) is 0 Å². The van der Waals surface area contributed by atoms with E-state index >= 15 is 0 Å². The van der Waals surface area contributed by atoms with Crippen molar-refractivity contribution in [1.29, 1.82) is 0 Å². The minimum absolute atomic E-state index is 0.00262. The molecule has 10 nitrogen and oxygen atoms in total. The minimum Gasteiger partial charge on any atom is -0.497 e. The van der Waals surface area contributed by atoms with Gasteiger partial charge < -0.3 is 24.4 Å². The zero-order valence-electron chi connectivity index (χ0n) is 25.6. The number of sulfonamides is 1. The van der Waals surface area contributed by atoms with Gasteiger partial charge in [0.2, 0.25) is 11.8 Å². The van der Waals surface area contributed by atoms with E-state index in [1.54, 1.807) is 62.6 Å². The molecule has 0 saturated carbocycles. The molecule has 0 aromatic heterocycles. The standard InChI is InChI=1S/C32H41N3O7S/c1-7-8-19-33-32(37)24(3)34(21-25-11-13-26(40-4)14-12-25)31(36)22-35(29-20-27(41-5)15-18-30(29)42-6)43(38,39)28-16-9-23(2)10-17-28/h9-18,20,24H,7-8,19,21-22H2,1-6H3,(H,33,37). The SMILES string of the molecule is CCCCNC(=O)C(C)N(Cc1ccc(OC)cc1)C(=O)CN(c1cc(OC)ccc1OC)S(=O)(=O)c1ccc(C)cc1. The van der Waals surface area contributed by atoms with Crippen LogP contribution in [0.15, 0.2) is 71.6 Å². The van der Waals surface area contributed by atoms with Crippen LogP contribution in [-0.4, -0.2) is 65.6 Å². The number of rotatable bonds is 15. The summed E-state index contributed by atoms with van der Waals surface area (Å²) in [4.78, 5) is 28.7. The average Bonchev–Trinajstić information content (AvgIpc) is 3.02. The van der Waals surface area contributed by atoms with Gasteiger partial charge in [0.05, 0.1) is 31.9 Å². The van der Waals surface area contributed by atoms with Crippen molar-refractivity contribution >= 4 is 27.5 Å². The second kappa shape index (κ2) is 15.3. The van der Waals surface area contributed by atoms with E-state index in [4.69, 9.17) is 14.2 Å². The molecule has 0 fully saturated rings. The molecule has 0 bridgehead atoms. The Morgan fingerprint density at radius 3 is 2.09 bits per heavy atom. The number of unbranched alkanes of at least 4 members (excludes halogenated alkanes) is 1. The van der Waals surface area contributed by atoms with Crippen LogP contribution in [0.1, 0.15) is 37.8 Å². The van der Waals surface area contributed by atoms with Gasteiger partial charge in [0.1, 0.15) is 29.8 Å². The lowest BCUT2D eigenvalue weighted by molar-refractivity contribution is -0.139. The van der Waals surface area contributed by atoms with Gasteiger partial charge in [0, 0.05) is 19.2 Å². The third kappa shape index (κ3) is 8.41. The number of nitrogens with one attached hydrogen (secondary N) is 1. The topological polar surface area (TPSA) is 114 Å². The molecular weight excluding hydrogens is 570 g/mol. The Bertz CT molecular complexity index is 1480. The molecule has 0 spiro atoms. The Balaban J connectivity index is 2.08. The Morgan fingerprint density at radius 2 is 1.51 bits per heavy atom. The van der Waals surface area contributed by atoms with Crippen LogP contribution in [0.5, 0.6) is 17.2 Å². The monoisotopic (exact) mass is 611 g/mol. The van der Waals surface area contributed by atoms with Crippen LogP contribution in [0.2, 0.25) is 0 Å². The van der Waals surface area contributed by atoms with E-state index in [-0.39, 0.29) is 28.8 Å². The first-order valence-electron chi connectivity index (χ1n) is 14.1. The summed E-state index contributed by atoms with van der Waals surface area (Å²) < 4.78 is 45.4. The summed E-state index contributed by atoms with van der Waals surface area (Å²) in [6, 6.07) is 17.3. The highest BCUT2D eigenvalue weighted by atomic mass is 32.2. The molecule has 0 aliphatic heterocycles. The highest BCUT2D eigenvalue weighted by Gasteiger charge is 2.34. The van der Waals surface area contributed by atoms with Crippen molar-refractivity contribution in [3.05, 3.63) is 77.9 Å². The molecule has 232 valence electrons. The van der Waals surface area contributed by atoms with E-state index in [2.05, 4.69) is 5.32 Å². The first-order chi connectivity index (χ1) is 20.5. The highest BCUT2D eigenvalue weighted by molar-refractivity contribution is 7.92. The molecule has 3 rings (SSSR count). The number of amides is 2. The molecule has 0 aliphatic carbocycles. The number of carbonyl (C=O) groups is 2. The molecule has 3 aromatic rings. The third-order valence-electron chi connectivity index (χ3n) is 7.05. The van der Waals surface area contributed by atoms with E-state index < -0.39 is 28.5 Å². The summed E-state index contributed by atoms with van der Waals surface area (Å²) in [7, 11) is 0.172. The van der Waals surface area contributed by atoms with E-state index in [9.17, 15) is 18.0 Å².